The van der Waals surface area contributed by atoms with Crippen LogP contribution in [0.3, 0.4) is 0 Å². The normalized spacial score (nSPS) is 7.82. The fourth-order valence-electron chi connectivity index (χ4n) is 0.707. The summed E-state index contributed by atoms with van der Waals surface area (Å²) in [6, 6.07) is 5.72. The Morgan fingerprint density at radius 3 is 2.27 bits per heavy atom. The van der Waals surface area contributed by atoms with Gasteiger partial charge in [-0.25, -0.2) is 0 Å². The van der Waals surface area contributed by atoms with Gasteiger partial charge >= 0.3 is 19.5 Å². The van der Waals surface area contributed by atoms with Crippen molar-refractivity contribution >= 4 is 11.6 Å². The first kappa shape index (κ1) is 13.9. The van der Waals surface area contributed by atoms with Crippen LogP contribution in [0.5, 0.6) is 0 Å². The van der Waals surface area contributed by atoms with E-state index in [0.717, 1.165) is 16.1 Å². The van der Waals surface area contributed by atoms with Gasteiger partial charge < -0.3 is 12.4 Å². The second kappa shape index (κ2) is 5.88. The molecule has 0 fully saturated rings. The molecule has 3 heteroatoms. The van der Waals surface area contributed by atoms with Gasteiger partial charge in [-0.3, -0.25) is 0 Å². The van der Waals surface area contributed by atoms with Crippen LogP contribution in [0.25, 0.3) is 0 Å². The first-order valence-electron chi connectivity index (χ1n) is 2.78. The summed E-state index contributed by atoms with van der Waals surface area (Å²) in [5, 5.41) is 0.808. The summed E-state index contributed by atoms with van der Waals surface area (Å²) in [5.41, 5.74) is 2.10. The molecule has 1 rings (SSSR count). The van der Waals surface area contributed by atoms with E-state index >= 15 is 0 Å². The third-order valence-corrected chi connectivity index (χ3v) is 1.65. The Bertz CT molecular complexity index is 223. The van der Waals surface area contributed by atoms with Crippen molar-refractivity contribution in [2.24, 2.45) is 0 Å². The molecule has 0 saturated heterocycles. The molecule has 0 amide bonds. The number of aryl methyl sites for hydroxylation is 1. The van der Waals surface area contributed by atoms with Gasteiger partial charge in [0.25, 0.3) is 0 Å². The van der Waals surface area contributed by atoms with Crippen LogP contribution in [0.4, 0.5) is 0 Å². The van der Waals surface area contributed by atoms with Gasteiger partial charge in [-0.2, -0.15) is 24.6 Å². The zero-order valence-corrected chi connectivity index (χ0v) is 10.9. The van der Waals surface area contributed by atoms with E-state index in [4.69, 9.17) is 11.6 Å². The molecule has 0 nitrogen and oxygen atoms in total. The van der Waals surface area contributed by atoms with Crippen molar-refractivity contribution < 1.29 is 31.9 Å². The SMILES string of the molecule is [CH2-]c1ccc(Cl)c(C)c1.[Cl-].[Zn+2]. The van der Waals surface area contributed by atoms with E-state index < -0.39 is 0 Å². The molecule has 0 spiro atoms. The summed E-state index contributed by atoms with van der Waals surface area (Å²) in [6.45, 7) is 5.73. The predicted molar refractivity (Wildman–Crippen MR) is 40.6 cm³/mol. The van der Waals surface area contributed by atoms with Crippen molar-refractivity contribution in [1.82, 2.24) is 0 Å². The predicted octanol–water partition coefficient (Wildman–Crippen LogP) is -0.168. The van der Waals surface area contributed by atoms with Gasteiger partial charge in [0, 0.05) is 5.02 Å². The summed E-state index contributed by atoms with van der Waals surface area (Å²) in [6.07, 6.45) is 0. The first-order valence-corrected chi connectivity index (χ1v) is 3.16. The molecule has 56 valence electrons. The van der Waals surface area contributed by atoms with Crippen molar-refractivity contribution in [3.05, 3.63) is 41.3 Å². The zero-order valence-electron chi connectivity index (χ0n) is 6.40. The molecule has 0 N–H and O–H groups in total. The summed E-state index contributed by atoms with van der Waals surface area (Å²) >= 11 is 5.75. The maximum Gasteiger partial charge on any atom is 2.00 e. The minimum atomic E-state index is 0. The fourth-order valence-corrected chi connectivity index (χ4v) is 0.824. The van der Waals surface area contributed by atoms with Crippen LogP contribution in [0, 0.1) is 13.8 Å². The third-order valence-electron chi connectivity index (χ3n) is 1.22. The standard InChI is InChI=1S/C8H8Cl.ClH.Zn/c1-6-3-4-8(9)7(2)5-6;;/h3-5H,1H2,2H3;1H;/q-1;;+2/p-1. The average Bonchev–Trinajstić information content (AvgIpc) is 1.80. The number of hydrogen-bond acceptors (Lipinski definition) is 0. The van der Waals surface area contributed by atoms with Crippen LogP contribution in [0.15, 0.2) is 18.2 Å². The Hall–Kier alpha value is 0.293. The monoisotopic (exact) mass is 238 g/mol. The Kier molecular flexibility index (Phi) is 7.41. The average molecular weight is 240 g/mol. The quantitative estimate of drug-likeness (QED) is 0.436. The summed E-state index contributed by atoms with van der Waals surface area (Å²) in [4.78, 5) is 0. The van der Waals surface area contributed by atoms with Crippen LogP contribution >= 0.6 is 11.6 Å². The van der Waals surface area contributed by atoms with Crippen LogP contribution in [-0.2, 0) is 19.5 Å². The molecule has 1 aromatic carbocycles. The molecule has 0 heterocycles. The second-order valence-corrected chi connectivity index (χ2v) is 2.49. The topological polar surface area (TPSA) is 0 Å². The van der Waals surface area contributed by atoms with E-state index in [-0.39, 0.29) is 31.9 Å². The Balaban J connectivity index is 0. The molecule has 1 aromatic rings. The maximum atomic E-state index is 5.75. The van der Waals surface area contributed by atoms with Crippen LogP contribution in [0.1, 0.15) is 11.1 Å². The van der Waals surface area contributed by atoms with Gasteiger partial charge in [0.1, 0.15) is 0 Å². The molecule has 0 radical (unpaired) electrons. The molecular weight excluding hydrogens is 232 g/mol. The number of hydrogen-bond donors (Lipinski definition) is 0. The van der Waals surface area contributed by atoms with Crippen molar-refractivity contribution in [2.75, 3.05) is 0 Å². The number of halogens is 2. The van der Waals surface area contributed by atoms with Gasteiger partial charge in [0.15, 0.2) is 0 Å². The van der Waals surface area contributed by atoms with Crippen LogP contribution < -0.4 is 12.4 Å². The van der Waals surface area contributed by atoms with Crippen molar-refractivity contribution in [3.63, 3.8) is 0 Å². The summed E-state index contributed by atoms with van der Waals surface area (Å²) < 4.78 is 0. The molecule has 0 bridgehead atoms. The summed E-state index contributed by atoms with van der Waals surface area (Å²) in [5.74, 6) is 0. The molecule has 11 heavy (non-hydrogen) atoms. The summed E-state index contributed by atoms with van der Waals surface area (Å²) in [7, 11) is 0. The molecule has 0 aromatic heterocycles. The Morgan fingerprint density at radius 2 is 1.91 bits per heavy atom. The van der Waals surface area contributed by atoms with E-state index in [9.17, 15) is 0 Å². The van der Waals surface area contributed by atoms with Gasteiger partial charge in [-0.15, -0.1) is 0 Å². The van der Waals surface area contributed by atoms with E-state index in [1.54, 1.807) is 0 Å². The van der Waals surface area contributed by atoms with Gasteiger partial charge in [-0.1, -0.05) is 23.2 Å². The molecule has 0 aliphatic carbocycles. The van der Waals surface area contributed by atoms with Crippen molar-refractivity contribution in [1.29, 1.82) is 0 Å². The number of benzene rings is 1. The minimum Gasteiger partial charge on any atom is -1.00 e. The molecule has 0 unspecified atom stereocenters. The zero-order chi connectivity index (χ0) is 6.85. The Morgan fingerprint density at radius 1 is 1.36 bits per heavy atom. The van der Waals surface area contributed by atoms with Crippen LogP contribution in [0.2, 0.25) is 5.02 Å². The molecule has 0 atom stereocenters. The first-order chi connectivity index (χ1) is 4.20. The van der Waals surface area contributed by atoms with Gasteiger partial charge in [0.05, 0.1) is 0 Å². The van der Waals surface area contributed by atoms with E-state index in [2.05, 4.69) is 6.92 Å². The number of rotatable bonds is 0. The largest absolute Gasteiger partial charge is 2.00 e. The van der Waals surface area contributed by atoms with Crippen molar-refractivity contribution in [2.45, 2.75) is 6.92 Å². The second-order valence-electron chi connectivity index (χ2n) is 2.08. The maximum absolute atomic E-state index is 5.75. The molecule has 0 aliphatic heterocycles. The van der Waals surface area contributed by atoms with Gasteiger partial charge in [0.2, 0.25) is 0 Å². The van der Waals surface area contributed by atoms with Crippen LogP contribution in [-0.4, -0.2) is 0 Å². The molecular formula is C8H8Cl2Zn. The minimum absolute atomic E-state index is 0. The van der Waals surface area contributed by atoms with E-state index in [1.165, 1.54) is 0 Å². The van der Waals surface area contributed by atoms with Gasteiger partial charge in [-0.05, 0) is 6.92 Å². The third kappa shape index (κ3) is 4.01. The molecule has 0 saturated carbocycles. The molecule has 0 aliphatic rings. The van der Waals surface area contributed by atoms with E-state index in [0.29, 0.717) is 0 Å². The smallest absolute Gasteiger partial charge is 1.00 e. The fraction of sp³-hybridized carbons (Fsp3) is 0.125. The Labute approximate surface area is 91.5 Å². The van der Waals surface area contributed by atoms with Crippen molar-refractivity contribution in [3.8, 4) is 0 Å². The van der Waals surface area contributed by atoms with E-state index in [1.807, 2.05) is 25.1 Å².